The topological polar surface area (TPSA) is 107 Å². The summed E-state index contributed by atoms with van der Waals surface area (Å²) in [6.45, 7) is 5.14. The first-order chi connectivity index (χ1) is 10.2. The van der Waals surface area contributed by atoms with Crippen LogP contribution >= 0.6 is 0 Å². The van der Waals surface area contributed by atoms with Crippen LogP contribution in [-0.4, -0.2) is 39.3 Å². The van der Waals surface area contributed by atoms with Gasteiger partial charge in [-0.2, -0.15) is 0 Å². The van der Waals surface area contributed by atoms with Crippen molar-refractivity contribution >= 4 is 11.9 Å². The molecule has 0 aromatic heterocycles. The predicted molar refractivity (Wildman–Crippen MR) is 81.8 cm³/mol. The summed E-state index contributed by atoms with van der Waals surface area (Å²) in [5.41, 5.74) is 1.87. The van der Waals surface area contributed by atoms with E-state index in [0.29, 0.717) is 12.0 Å². The quantitative estimate of drug-likeness (QED) is 0.595. The second-order valence-corrected chi connectivity index (χ2v) is 5.36. The van der Waals surface area contributed by atoms with Gasteiger partial charge in [0.15, 0.2) is 6.04 Å². The lowest BCUT2D eigenvalue weighted by molar-refractivity contribution is -0.141. The zero-order chi connectivity index (χ0) is 16.9. The number of aromatic hydroxyl groups is 1. The highest BCUT2D eigenvalue weighted by molar-refractivity contribution is 5.97. The molecule has 0 spiro atoms. The molecule has 1 amide bonds. The Hall–Kier alpha value is -2.34. The van der Waals surface area contributed by atoms with Gasteiger partial charge in [-0.3, -0.25) is 4.79 Å². The van der Waals surface area contributed by atoms with Crippen LogP contribution in [0.1, 0.15) is 36.7 Å². The number of benzene rings is 1. The lowest BCUT2D eigenvalue weighted by Crippen LogP contribution is -2.47. The Morgan fingerprint density at radius 1 is 1.32 bits per heavy atom. The molecule has 1 aromatic rings. The summed E-state index contributed by atoms with van der Waals surface area (Å²) in [6.07, 6.45) is 1.16. The highest BCUT2D eigenvalue weighted by atomic mass is 16.4. The van der Waals surface area contributed by atoms with Gasteiger partial charge in [0.1, 0.15) is 5.75 Å². The third kappa shape index (κ3) is 4.89. The van der Waals surface area contributed by atoms with Gasteiger partial charge in [-0.25, -0.2) is 4.79 Å². The van der Waals surface area contributed by atoms with E-state index >= 15 is 0 Å². The highest BCUT2D eigenvalue weighted by Gasteiger charge is 2.25. The minimum absolute atomic E-state index is 0.0689. The molecule has 0 aliphatic carbocycles. The standard InChI is InChI=1S/C16H21NO5/c1-9(2)4-5-11-8-12(6-7-13(11)19)15(20)17-14(10(3)18)16(21)22/h4,6-8,10,14,18-19H,5H2,1-3H3,(H,17,20)(H,21,22)/t10-,14+/m1/s1. The van der Waals surface area contributed by atoms with E-state index in [4.69, 9.17) is 5.11 Å². The number of amides is 1. The fourth-order valence-electron chi connectivity index (χ4n) is 1.82. The van der Waals surface area contributed by atoms with Crippen LogP contribution in [0.3, 0.4) is 0 Å². The number of carboxylic acid groups (broad SMARTS) is 1. The van der Waals surface area contributed by atoms with E-state index in [-0.39, 0.29) is 11.3 Å². The van der Waals surface area contributed by atoms with E-state index in [2.05, 4.69) is 5.32 Å². The number of nitrogens with one attached hydrogen (secondary N) is 1. The number of aliphatic carboxylic acids is 1. The normalized spacial score (nSPS) is 13.1. The van der Waals surface area contributed by atoms with Crippen LogP contribution in [0.5, 0.6) is 5.75 Å². The van der Waals surface area contributed by atoms with Crippen LogP contribution in [0.4, 0.5) is 0 Å². The number of hydrogen-bond acceptors (Lipinski definition) is 4. The number of aliphatic hydroxyl groups excluding tert-OH is 1. The van der Waals surface area contributed by atoms with Gasteiger partial charge in [-0.15, -0.1) is 0 Å². The maximum atomic E-state index is 12.1. The van der Waals surface area contributed by atoms with E-state index in [0.717, 1.165) is 5.57 Å². The summed E-state index contributed by atoms with van der Waals surface area (Å²) in [4.78, 5) is 23.1. The number of carbonyl (C=O) groups excluding carboxylic acids is 1. The Labute approximate surface area is 129 Å². The largest absolute Gasteiger partial charge is 0.508 e. The molecule has 1 rings (SSSR count). The zero-order valence-electron chi connectivity index (χ0n) is 12.8. The second-order valence-electron chi connectivity index (χ2n) is 5.36. The summed E-state index contributed by atoms with van der Waals surface area (Å²) in [5, 5.41) is 30.4. The van der Waals surface area contributed by atoms with Gasteiger partial charge >= 0.3 is 5.97 Å². The van der Waals surface area contributed by atoms with Gasteiger partial charge in [-0.1, -0.05) is 11.6 Å². The van der Waals surface area contributed by atoms with Gasteiger partial charge < -0.3 is 20.6 Å². The Morgan fingerprint density at radius 2 is 1.95 bits per heavy atom. The lowest BCUT2D eigenvalue weighted by atomic mass is 10.0. The molecule has 22 heavy (non-hydrogen) atoms. The molecule has 0 aliphatic rings. The number of rotatable bonds is 6. The molecule has 6 heteroatoms. The van der Waals surface area contributed by atoms with Crippen LogP contribution in [0, 0.1) is 0 Å². The average molecular weight is 307 g/mol. The first kappa shape index (κ1) is 17.7. The SMILES string of the molecule is CC(C)=CCc1cc(C(=O)N[C@H](C(=O)O)[C@@H](C)O)ccc1O. The Balaban J connectivity index is 2.96. The molecule has 0 saturated heterocycles. The number of phenols is 1. The molecule has 0 fully saturated rings. The third-order valence-corrected chi connectivity index (χ3v) is 3.11. The number of allylic oxidation sites excluding steroid dienone is 2. The van der Waals surface area contributed by atoms with Crippen molar-refractivity contribution in [1.29, 1.82) is 0 Å². The highest BCUT2D eigenvalue weighted by Crippen LogP contribution is 2.20. The van der Waals surface area contributed by atoms with Crippen molar-refractivity contribution in [3.05, 3.63) is 41.0 Å². The second kappa shape index (κ2) is 7.61. The summed E-state index contributed by atoms with van der Waals surface area (Å²) in [5.74, 6) is -1.86. The monoisotopic (exact) mass is 307 g/mol. The number of phenolic OH excluding ortho intramolecular Hbond substituents is 1. The molecule has 0 aliphatic heterocycles. The summed E-state index contributed by atoms with van der Waals surface area (Å²) in [7, 11) is 0. The fourth-order valence-corrected chi connectivity index (χ4v) is 1.82. The summed E-state index contributed by atoms with van der Waals surface area (Å²) in [6, 6.07) is 2.91. The van der Waals surface area contributed by atoms with Crippen LogP contribution in [-0.2, 0) is 11.2 Å². The molecule has 0 heterocycles. The van der Waals surface area contributed by atoms with Crippen molar-refractivity contribution in [1.82, 2.24) is 5.32 Å². The molecule has 0 saturated carbocycles. The third-order valence-electron chi connectivity index (χ3n) is 3.11. The molecule has 2 atom stereocenters. The Bertz CT molecular complexity index is 588. The first-order valence-corrected chi connectivity index (χ1v) is 6.89. The maximum absolute atomic E-state index is 12.1. The number of aliphatic hydroxyl groups is 1. The van der Waals surface area contributed by atoms with Crippen molar-refractivity contribution in [3.63, 3.8) is 0 Å². The zero-order valence-corrected chi connectivity index (χ0v) is 12.8. The lowest BCUT2D eigenvalue weighted by Gasteiger charge is -2.17. The first-order valence-electron chi connectivity index (χ1n) is 6.89. The van der Waals surface area contributed by atoms with Crippen LogP contribution in [0.15, 0.2) is 29.8 Å². The molecule has 0 bridgehead atoms. The van der Waals surface area contributed by atoms with E-state index in [1.807, 2.05) is 19.9 Å². The number of carboxylic acids is 1. The Kier molecular flexibility index (Phi) is 6.12. The Morgan fingerprint density at radius 3 is 2.45 bits per heavy atom. The minimum atomic E-state index is -1.39. The van der Waals surface area contributed by atoms with Crippen LogP contribution in [0.2, 0.25) is 0 Å². The average Bonchev–Trinajstić information content (AvgIpc) is 2.42. The molecule has 1 aromatic carbocycles. The van der Waals surface area contributed by atoms with E-state index < -0.39 is 24.0 Å². The van der Waals surface area contributed by atoms with Gasteiger partial charge in [0.2, 0.25) is 0 Å². The predicted octanol–water partition coefficient (Wildman–Crippen LogP) is 1.46. The summed E-state index contributed by atoms with van der Waals surface area (Å²) < 4.78 is 0. The molecule has 6 nitrogen and oxygen atoms in total. The summed E-state index contributed by atoms with van der Waals surface area (Å²) >= 11 is 0. The molecular weight excluding hydrogens is 286 g/mol. The molecular formula is C16H21NO5. The fraction of sp³-hybridized carbons (Fsp3) is 0.375. The molecule has 120 valence electrons. The van der Waals surface area contributed by atoms with Gasteiger partial charge in [0, 0.05) is 5.56 Å². The van der Waals surface area contributed by atoms with E-state index in [1.165, 1.54) is 25.1 Å². The van der Waals surface area contributed by atoms with Crippen molar-refractivity contribution in [2.45, 2.75) is 39.3 Å². The molecule has 4 N–H and O–H groups in total. The van der Waals surface area contributed by atoms with Crippen molar-refractivity contribution < 1.29 is 24.9 Å². The molecule has 0 unspecified atom stereocenters. The van der Waals surface area contributed by atoms with E-state index in [9.17, 15) is 19.8 Å². The minimum Gasteiger partial charge on any atom is -0.508 e. The van der Waals surface area contributed by atoms with Crippen molar-refractivity contribution in [2.75, 3.05) is 0 Å². The number of hydrogen-bond donors (Lipinski definition) is 4. The van der Waals surface area contributed by atoms with Crippen molar-refractivity contribution in [2.24, 2.45) is 0 Å². The smallest absolute Gasteiger partial charge is 0.328 e. The van der Waals surface area contributed by atoms with Crippen LogP contribution < -0.4 is 5.32 Å². The van der Waals surface area contributed by atoms with Gasteiger partial charge in [0.05, 0.1) is 6.10 Å². The van der Waals surface area contributed by atoms with Gasteiger partial charge in [0.25, 0.3) is 5.91 Å². The van der Waals surface area contributed by atoms with Crippen LogP contribution in [0.25, 0.3) is 0 Å². The molecule has 0 radical (unpaired) electrons. The van der Waals surface area contributed by atoms with Gasteiger partial charge in [-0.05, 0) is 51.0 Å². The van der Waals surface area contributed by atoms with E-state index in [1.54, 1.807) is 0 Å². The number of carbonyl (C=O) groups is 2. The maximum Gasteiger partial charge on any atom is 0.328 e. The van der Waals surface area contributed by atoms with Crippen molar-refractivity contribution in [3.8, 4) is 5.75 Å².